The summed E-state index contributed by atoms with van der Waals surface area (Å²) in [7, 11) is 0. The topological polar surface area (TPSA) is 17.1 Å². The summed E-state index contributed by atoms with van der Waals surface area (Å²) >= 11 is 0. The Morgan fingerprint density at radius 1 is 1.13 bits per heavy atom. The van der Waals surface area contributed by atoms with Crippen molar-refractivity contribution in [3.8, 4) is 0 Å². The summed E-state index contributed by atoms with van der Waals surface area (Å²) in [5, 5.41) is 0. The maximum Gasteiger partial charge on any atom is 0.364 e. The zero-order valence-electron chi connectivity index (χ0n) is 8.74. The maximum atomic E-state index is 12.4. The molecule has 0 spiro atoms. The van der Waals surface area contributed by atoms with Gasteiger partial charge in [0.05, 0.1) is 0 Å². The third-order valence-corrected chi connectivity index (χ3v) is 2.15. The van der Waals surface area contributed by atoms with Gasteiger partial charge in [-0.25, -0.2) is 8.78 Å². The highest BCUT2D eigenvalue weighted by molar-refractivity contribution is 5.85. The minimum Gasteiger partial charge on any atom is -0.293 e. The van der Waals surface area contributed by atoms with E-state index in [1.54, 1.807) is 0 Å². The number of ketones is 1. The molecular formula is C10H16F4O. The summed E-state index contributed by atoms with van der Waals surface area (Å²) in [5.41, 5.74) is 0. The molecule has 0 N–H and O–H groups in total. The van der Waals surface area contributed by atoms with Crippen molar-refractivity contribution in [1.82, 2.24) is 0 Å². The number of hydrogen-bond acceptors (Lipinski definition) is 1. The monoisotopic (exact) mass is 228 g/mol. The fourth-order valence-electron chi connectivity index (χ4n) is 1.18. The van der Waals surface area contributed by atoms with Crippen molar-refractivity contribution in [2.24, 2.45) is 0 Å². The molecule has 0 aliphatic rings. The Kier molecular flexibility index (Phi) is 6.52. The van der Waals surface area contributed by atoms with E-state index < -0.39 is 24.6 Å². The molecule has 0 aromatic carbocycles. The SMILES string of the molecule is CCCCCCCC(=O)C(F)(F)C(F)F. The van der Waals surface area contributed by atoms with E-state index in [0.717, 1.165) is 19.3 Å². The summed E-state index contributed by atoms with van der Waals surface area (Å²) in [5.74, 6) is -6.11. The van der Waals surface area contributed by atoms with Crippen molar-refractivity contribution in [2.75, 3.05) is 0 Å². The second-order valence-corrected chi connectivity index (χ2v) is 3.51. The number of carbonyl (C=O) groups excluding carboxylic acids is 1. The van der Waals surface area contributed by atoms with Gasteiger partial charge in [-0.2, -0.15) is 8.78 Å². The third-order valence-electron chi connectivity index (χ3n) is 2.15. The molecule has 15 heavy (non-hydrogen) atoms. The Hall–Kier alpha value is -0.610. The quantitative estimate of drug-likeness (QED) is 0.456. The first-order valence-corrected chi connectivity index (χ1v) is 5.12. The van der Waals surface area contributed by atoms with Crippen LogP contribution >= 0.6 is 0 Å². The lowest BCUT2D eigenvalue weighted by atomic mass is 10.1. The van der Waals surface area contributed by atoms with Gasteiger partial charge in [-0.15, -0.1) is 0 Å². The largest absolute Gasteiger partial charge is 0.364 e. The van der Waals surface area contributed by atoms with E-state index in [1.165, 1.54) is 0 Å². The van der Waals surface area contributed by atoms with Crippen LogP contribution in [0.3, 0.4) is 0 Å². The van der Waals surface area contributed by atoms with E-state index in [1.807, 2.05) is 6.92 Å². The van der Waals surface area contributed by atoms with Crippen molar-refractivity contribution in [2.45, 2.75) is 57.8 Å². The molecule has 90 valence electrons. The average molecular weight is 228 g/mol. The minimum absolute atomic E-state index is 0.265. The van der Waals surface area contributed by atoms with Crippen LogP contribution in [0.15, 0.2) is 0 Å². The first-order chi connectivity index (χ1) is 6.92. The number of carbonyl (C=O) groups is 1. The number of unbranched alkanes of at least 4 members (excludes halogenated alkanes) is 4. The van der Waals surface area contributed by atoms with E-state index in [9.17, 15) is 22.4 Å². The van der Waals surface area contributed by atoms with Crippen molar-refractivity contribution in [3.05, 3.63) is 0 Å². The number of halogens is 4. The highest BCUT2D eigenvalue weighted by Gasteiger charge is 2.47. The van der Waals surface area contributed by atoms with Gasteiger partial charge in [-0.3, -0.25) is 4.79 Å². The van der Waals surface area contributed by atoms with Crippen LogP contribution in [0.5, 0.6) is 0 Å². The fourth-order valence-corrected chi connectivity index (χ4v) is 1.18. The lowest BCUT2D eigenvalue weighted by Gasteiger charge is -2.13. The molecule has 0 rings (SSSR count). The Morgan fingerprint density at radius 2 is 1.67 bits per heavy atom. The van der Waals surface area contributed by atoms with Gasteiger partial charge in [0.25, 0.3) is 0 Å². The molecule has 0 aromatic rings. The predicted molar refractivity (Wildman–Crippen MR) is 49.3 cm³/mol. The Morgan fingerprint density at radius 3 is 2.13 bits per heavy atom. The molecule has 0 radical (unpaired) electrons. The second kappa shape index (κ2) is 6.80. The van der Waals surface area contributed by atoms with Gasteiger partial charge in [0, 0.05) is 6.42 Å². The Bertz CT molecular complexity index is 192. The molecule has 0 aliphatic carbocycles. The van der Waals surface area contributed by atoms with Gasteiger partial charge >= 0.3 is 12.3 Å². The van der Waals surface area contributed by atoms with Gasteiger partial charge in [0.2, 0.25) is 5.78 Å². The van der Waals surface area contributed by atoms with Crippen molar-refractivity contribution < 1.29 is 22.4 Å². The smallest absolute Gasteiger partial charge is 0.293 e. The number of rotatable bonds is 8. The maximum absolute atomic E-state index is 12.4. The molecule has 0 fully saturated rings. The molecule has 0 amide bonds. The third kappa shape index (κ3) is 5.14. The first kappa shape index (κ1) is 14.4. The molecule has 1 nitrogen and oxygen atoms in total. The molecule has 0 saturated heterocycles. The summed E-state index contributed by atoms with van der Waals surface area (Å²) in [6.45, 7) is 2.00. The van der Waals surface area contributed by atoms with Crippen LogP contribution in [0.1, 0.15) is 45.4 Å². The van der Waals surface area contributed by atoms with Gasteiger partial charge in [-0.05, 0) is 6.42 Å². The highest BCUT2D eigenvalue weighted by Crippen LogP contribution is 2.26. The van der Waals surface area contributed by atoms with Crippen LogP contribution in [0.25, 0.3) is 0 Å². The van der Waals surface area contributed by atoms with Crippen LogP contribution in [0, 0.1) is 0 Å². The van der Waals surface area contributed by atoms with Crippen LogP contribution in [-0.4, -0.2) is 18.1 Å². The standard InChI is InChI=1S/C10H16F4O/c1-2-3-4-5-6-7-8(15)10(13,14)9(11)12/h9H,2-7H2,1H3. The van der Waals surface area contributed by atoms with Crippen LogP contribution in [0.2, 0.25) is 0 Å². The van der Waals surface area contributed by atoms with Crippen LogP contribution < -0.4 is 0 Å². The average Bonchev–Trinajstić information content (AvgIpc) is 2.16. The summed E-state index contributed by atoms with van der Waals surface area (Å²) in [4.78, 5) is 10.7. The van der Waals surface area contributed by atoms with Crippen molar-refractivity contribution in [1.29, 1.82) is 0 Å². The van der Waals surface area contributed by atoms with Gasteiger partial charge in [0.15, 0.2) is 0 Å². The minimum atomic E-state index is -4.47. The molecule has 0 saturated carbocycles. The van der Waals surface area contributed by atoms with E-state index in [2.05, 4.69) is 0 Å². The summed E-state index contributed by atoms with van der Waals surface area (Å²) < 4.78 is 48.3. The van der Waals surface area contributed by atoms with Crippen LogP contribution in [0.4, 0.5) is 17.6 Å². The second-order valence-electron chi connectivity index (χ2n) is 3.51. The highest BCUT2D eigenvalue weighted by atomic mass is 19.3. The lowest BCUT2D eigenvalue weighted by molar-refractivity contribution is -0.167. The lowest BCUT2D eigenvalue weighted by Crippen LogP contribution is -2.36. The van der Waals surface area contributed by atoms with Gasteiger partial charge in [0.1, 0.15) is 0 Å². The van der Waals surface area contributed by atoms with Gasteiger partial charge in [-0.1, -0.05) is 32.6 Å². The molecule has 0 atom stereocenters. The number of hydrogen-bond donors (Lipinski definition) is 0. The molecule has 0 bridgehead atoms. The fraction of sp³-hybridized carbons (Fsp3) is 0.900. The van der Waals surface area contributed by atoms with Crippen LogP contribution in [-0.2, 0) is 4.79 Å². The molecule has 0 aromatic heterocycles. The number of alkyl halides is 4. The summed E-state index contributed by atoms with van der Waals surface area (Å²) in [6, 6.07) is 0. The zero-order chi connectivity index (χ0) is 11.9. The number of Topliss-reactive ketones (excluding diaryl/α,β-unsaturated/α-hetero) is 1. The van der Waals surface area contributed by atoms with Crippen molar-refractivity contribution >= 4 is 5.78 Å². The predicted octanol–water partition coefficient (Wildman–Crippen LogP) is 3.82. The van der Waals surface area contributed by atoms with E-state index in [-0.39, 0.29) is 6.42 Å². The molecule has 0 unspecified atom stereocenters. The van der Waals surface area contributed by atoms with E-state index in [4.69, 9.17) is 0 Å². The molecule has 0 heterocycles. The van der Waals surface area contributed by atoms with E-state index in [0.29, 0.717) is 6.42 Å². The van der Waals surface area contributed by atoms with Crippen molar-refractivity contribution in [3.63, 3.8) is 0 Å². The van der Waals surface area contributed by atoms with Gasteiger partial charge < -0.3 is 0 Å². The molecule has 5 heteroatoms. The molecular weight excluding hydrogens is 212 g/mol. The zero-order valence-corrected chi connectivity index (χ0v) is 8.74. The Labute approximate surface area is 86.8 Å². The summed E-state index contributed by atoms with van der Waals surface area (Å²) in [6.07, 6.45) is -0.619. The first-order valence-electron chi connectivity index (χ1n) is 5.12. The van der Waals surface area contributed by atoms with E-state index >= 15 is 0 Å². The normalized spacial score (nSPS) is 12.1. The Balaban J connectivity index is 3.74. The molecule has 0 aliphatic heterocycles.